The van der Waals surface area contributed by atoms with E-state index in [-0.39, 0.29) is 31.6 Å². The molecule has 0 unspecified atom stereocenters. The molecule has 0 aromatic heterocycles. The van der Waals surface area contributed by atoms with E-state index >= 15 is 0 Å². The molecule has 0 saturated carbocycles. The molecule has 0 saturated heterocycles. The molecule has 0 N–H and O–H groups in total. The normalized spacial score (nSPS) is 2.17. The summed E-state index contributed by atoms with van der Waals surface area (Å²) in [6, 6.07) is 0. The van der Waals surface area contributed by atoms with Gasteiger partial charge in [0.1, 0.15) is 0 Å². The fraction of sp³-hybridized carbons (Fsp3) is 0.250. The van der Waals surface area contributed by atoms with Gasteiger partial charge in [-0.15, -0.1) is 0 Å². The van der Waals surface area contributed by atoms with Crippen LogP contribution in [0, 0.1) is 14.9 Å². The van der Waals surface area contributed by atoms with Crippen molar-refractivity contribution in [1.82, 2.24) is 0 Å². The Morgan fingerprint density at radius 3 is 1.33 bits per heavy atom. The van der Waals surface area contributed by atoms with Crippen LogP contribution in [0.15, 0.2) is 0 Å². The number of carbonyl (C=O) groups excluding carboxylic acids is 1. The molecule has 0 heterocycles. The summed E-state index contributed by atoms with van der Waals surface area (Å²) < 4.78 is 0. The molecule has 0 rings (SSSR count). The number of rotatable bonds is 0. The zero-order valence-corrected chi connectivity index (χ0v) is 5.28. The van der Waals surface area contributed by atoms with Crippen LogP contribution < -0.4 is 0 Å². The Morgan fingerprint density at radius 2 is 1.33 bits per heavy atom. The summed E-state index contributed by atoms with van der Waals surface area (Å²) in [5.41, 5.74) is 0. The summed E-state index contributed by atoms with van der Waals surface area (Å²) >= 11 is 0. The van der Waals surface area contributed by atoms with Crippen LogP contribution in [-0.4, -0.2) is 6.29 Å². The minimum absolute atomic E-state index is 0. The first-order chi connectivity index (χ1) is 1.41. The van der Waals surface area contributed by atoms with Gasteiger partial charge in [0, 0.05) is 0 Å². The van der Waals surface area contributed by atoms with Gasteiger partial charge < -0.3 is 19.6 Å². The van der Waals surface area contributed by atoms with Gasteiger partial charge in [0.2, 0.25) is 0 Å². The first-order valence-corrected chi connectivity index (χ1v) is 0.704. The minimum atomic E-state index is 0. The molecule has 0 aromatic rings. The van der Waals surface area contributed by atoms with Crippen LogP contribution in [0.4, 0.5) is 0 Å². The molecule has 0 aromatic carbocycles. The summed E-state index contributed by atoms with van der Waals surface area (Å²) in [4.78, 5) is 8.68. The summed E-state index contributed by atoms with van der Waals surface area (Å²) in [7, 11) is 0. The standard InChI is InChI=1S/C2H3O.2CH3.Co/c1-2-3;;;/h1H3;2*1H3;/q3*-1;+3. The molecule has 40 valence electrons. The smallest absolute Gasteiger partial charge is 0.542 e. The summed E-state index contributed by atoms with van der Waals surface area (Å²) in [6.07, 6.45) is 1.50. The first-order valence-electron chi connectivity index (χ1n) is 0.704. The summed E-state index contributed by atoms with van der Waals surface area (Å²) in [5, 5.41) is 0. The Bertz CT molecular complexity index is 15.0. The van der Waals surface area contributed by atoms with Gasteiger partial charge in [-0.2, -0.15) is 6.92 Å². The van der Waals surface area contributed by atoms with E-state index in [9.17, 15) is 0 Å². The average molecular weight is 132 g/mol. The van der Waals surface area contributed by atoms with Crippen molar-refractivity contribution >= 4 is 6.29 Å². The van der Waals surface area contributed by atoms with Crippen molar-refractivity contribution in [2.24, 2.45) is 0 Å². The molecule has 0 radical (unpaired) electrons. The molecule has 1 nitrogen and oxygen atoms in total. The van der Waals surface area contributed by atoms with Crippen molar-refractivity contribution < 1.29 is 21.6 Å². The summed E-state index contributed by atoms with van der Waals surface area (Å²) in [6.45, 7) is 1.32. The largest absolute Gasteiger partial charge is 3.00 e. The third kappa shape index (κ3) is 1350. The third-order valence-corrected chi connectivity index (χ3v) is 0. The molecule has 0 amide bonds. The molecule has 0 bridgehead atoms. The molecule has 0 fully saturated rings. The second-order valence-corrected chi connectivity index (χ2v) is 0.204. The van der Waals surface area contributed by atoms with Gasteiger partial charge in [-0.3, -0.25) is 6.29 Å². The van der Waals surface area contributed by atoms with Gasteiger partial charge in [0.05, 0.1) is 0 Å². The van der Waals surface area contributed by atoms with Crippen LogP contribution >= 0.6 is 0 Å². The summed E-state index contributed by atoms with van der Waals surface area (Å²) in [5.74, 6) is 0. The van der Waals surface area contributed by atoms with Crippen molar-refractivity contribution in [2.75, 3.05) is 0 Å². The third-order valence-electron chi connectivity index (χ3n) is 0. The maximum atomic E-state index is 8.68. The Hall–Kier alpha value is 0.176. The Morgan fingerprint density at radius 1 is 1.33 bits per heavy atom. The van der Waals surface area contributed by atoms with E-state index in [4.69, 9.17) is 4.79 Å². The first kappa shape index (κ1) is 34.9. The molecular weight excluding hydrogens is 123 g/mol. The maximum Gasteiger partial charge on any atom is 3.00 e. The van der Waals surface area contributed by atoms with E-state index in [0.29, 0.717) is 0 Å². The van der Waals surface area contributed by atoms with Crippen molar-refractivity contribution in [1.29, 1.82) is 0 Å². The molecular formula is C4H9CoO. The Labute approximate surface area is 50.3 Å². The molecule has 0 aliphatic carbocycles. The Balaban J connectivity index is -0.00000000667. The van der Waals surface area contributed by atoms with E-state index < -0.39 is 0 Å². The van der Waals surface area contributed by atoms with Crippen LogP contribution in [0.1, 0.15) is 6.92 Å². The van der Waals surface area contributed by atoms with Gasteiger partial charge in [-0.25, -0.2) is 0 Å². The molecule has 0 aliphatic heterocycles. The van der Waals surface area contributed by atoms with Crippen molar-refractivity contribution in [3.05, 3.63) is 14.9 Å². The van der Waals surface area contributed by atoms with Gasteiger partial charge >= 0.3 is 16.8 Å². The SMILES string of the molecule is C[C-]=O.[CH3-].[CH3-].[Co+3]. The minimum Gasteiger partial charge on any atom is -0.542 e. The van der Waals surface area contributed by atoms with Crippen LogP contribution in [0.5, 0.6) is 0 Å². The van der Waals surface area contributed by atoms with Crippen LogP contribution in [0.3, 0.4) is 0 Å². The maximum absolute atomic E-state index is 8.68. The number of hydrogen-bond acceptors (Lipinski definition) is 1. The van der Waals surface area contributed by atoms with Crippen molar-refractivity contribution in [3.63, 3.8) is 0 Å². The van der Waals surface area contributed by atoms with Gasteiger partial charge in [-0.05, 0) is 0 Å². The fourth-order valence-corrected chi connectivity index (χ4v) is 0. The molecule has 2 heteroatoms. The predicted octanol–water partition coefficient (Wildman–Crippen LogP) is 1.01. The van der Waals surface area contributed by atoms with Gasteiger partial charge in [0.25, 0.3) is 0 Å². The van der Waals surface area contributed by atoms with Gasteiger partial charge in [0.15, 0.2) is 0 Å². The molecule has 6 heavy (non-hydrogen) atoms. The number of hydrogen-bond donors (Lipinski definition) is 0. The molecule has 0 spiro atoms. The predicted molar refractivity (Wildman–Crippen MR) is 24.2 cm³/mol. The van der Waals surface area contributed by atoms with E-state index in [1.165, 1.54) is 13.2 Å². The Kier molecular flexibility index (Phi) is 380. The second-order valence-electron chi connectivity index (χ2n) is 0.204. The van der Waals surface area contributed by atoms with Crippen molar-refractivity contribution in [2.45, 2.75) is 6.92 Å². The zero-order valence-electron chi connectivity index (χ0n) is 4.24. The van der Waals surface area contributed by atoms with Crippen LogP contribution in [0.2, 0.25) is 0 Å². The molecule has 0 atom stereocenters. The van der Waals surface area contributed by atoms with E-state index in [1.54, 1.807) is 0 Å². The second kappa shape index (κ2) is 65.2. The van der Waals surface area contributed by atoms with Crippen LogP contribution in [-0.2, 0) is 21.6 Å². The van der Waals surface area contributed by atoms with E-state index in [2.05, 4.69) is 0 Å². The zero-order chi connectivity index (χ0) is 2.71. The monoisotopic (exact) mass is 132 g/mol. The quantitative estimate of drug-likeness (QED) is 0.449. The van der Waals surface area contributed by atoms with Gasteiger partial charge in [-0.1, -0.05) is 0 Å². The van der Waals surface area contributed by atoms with E-state index in [1.807, 2.05) is 0 Å². The van der Waals surface area contributed by atoms with E-state index in [0.717, 1.165) is 0 Å². The topological polar surface area (TPSA) is 17.1 Å². The fourth-order valence-electron chi connectivity index (χ4n) is 0. The molecule has 0 aliphatic rings. The van der Waals surface area contributed by atoms with Crippen LogP contribution in [0.25, 0.3) is 0 Å². The van der Waals surface area contributed by atoms with Crippen molar-refractivity contribution in [3.8, 4) is 0 Å². The average Bonchev–Trinajstić information content (AvgIpc) is 0.918.